The number of hydrogen-bond donors (Lipinski definition) is 0. The molecule has 0 aromatic heterocycles. The fourth-order valence-corrected chi connectivity index (χ4v) is 6.02. The van der Waals surface area contributed by atoms with Crippen molar-refractivity contribution in [3.05, 3.63) is 11.6 Å². The molecule has 0 aliphatic heterocycles. The number of rotatable bonds is 10. The summed E-state index contributed by atoms with van der Waals surface area (Å²) in [7, 11) is 1.60. The zero-order valence-corrected chi connectivity index (χ0v) is 21.7. The lowest BCUT2D eigenvalue weighted by atomic mass is 9.39. The molecule has 32 heavy (non-hydrogen) atoms. The monoisotopic (exact) mass is 448 g/mol. The van der Waals surface area contributed by atoms with E-state index in [-0.39, 0.29) is 36.0 Å². The Morgan fingerprint density at radius 3 is 2.38 bits per heavy atom. The summed E-state index contributed by atoms with van der Waals surface area (Å²) < 4.78 is 10.9. The quantitative estimate of drug-likeness (QED) is 0.244. The van der Waals surface area contributed by atoms with Crippen molar-refractivity contribution in [2.45, 2.75) is 99.5 Å². The molecule has 2 bridgehead atoms. The Kier molecular flexibility index (Phi) is 7.99. The molecule has 0 aromatic rings. The fraction of sp³-hybridized carbons (Fsp3) is 0.815. The van der Waals surface area contributed by atoms with Crippen LogP contribution in [-0.2, 0) is 23.9 Å². The first-order valence-corrected chi connectivity index (χ1v) is 12.1. The predicted octanol–water partition coefficient (Wildman–Crippen LogP) is 5.70. The van der Waals surface area contributed by atoms with Crippen LogP contribution in [0, 0.1) is 28.1 Å². The molecule has 0 saturated heterocycles. The van der Waals surface area contributed by atoms with E-state index in [1.54, 1.807) is 7.11 Å². The van der Waals surface area contributed by atoms with E-state index in [4.69, 9.17) is 9.47 Å². The first-order valence-electron chi connectivity index (χ1n) is 12.1. The lowest BCUT2D eigenvalue weighted by Gasteiger charge is -2.61. The number of ether oxygens (including phenoxy) is 2. The van der Waals surface area contributed by atoms with Gasteiger partial charge in [-0.05, 0) is 71.1 Å². The molecule has 0 radical (unpaired) electrons. The molecule has 3 atom stereocenters. The van der Waals surface area contributed by atoms with Crippen LogP contribution in [0.2, 0.25) is 0 Å². The molecule has 0 aromatic carbocycles. The Balaban J connectivity index is 2.56. The van der Waals surface area contributed by atoms with Crippen molar-refractivity contribution in [3.63, 3.8) is 0 Å². The van der Waals surface area contributed by atoms with Crippen LogP contribution in [0.3, 0.4) is 0 Å². The Hall–Kier alpha value is -1.33. The molecule has 0 unspecified atom stereocenters. The first kappa shape index (κ1) is 26.9. The minimum Gasteiger partial charge on any atom is -0.359 e. The van der Waals surface area contributed by atoms with Gasteiger partial charge in [0, 0.05) is 19.4 Å². The minimum atomic E-state index is -1.11. The van der Waals surface area contributed by atoms with Gasteiger partial charge >= 0.3 is 0 Å². The number of hydrogen-bond acceptors (Lipinski definition) is 5. The maximum atomic E-state index is 14.2. The molecule has 0 amide bonds. The van der Waals surface area contributed by atoms with Gasteiger partial charge in [0.2, 0.25) is 0 Å². The Morgan fingerprint density at radius 1 is 1.22 bits per heavy atom. The van der Waals surface area contributed by atoms with Crippen LogP contribution in [0.15, 0.2) is 11.6 Å². The summed E-state index contributed by atoms with van der Waals surface area (Å²) in [5.41, 5.74) is -2.03. The molecule has 0 spiro atoms. The normalized spacial score (nSPS) is 29.9. The molecule has 182 valence electrons. The van der Waals surface area contributed by atoms with Crippen molar-refractivity contribution < 1.29 is 23.9 Å². The van der Waals surface area contributed by atoms with E-state index >= 15 is 0 Å². The van der Waals surface area contributed by atoms with Gasteiger partial charge in [-0.2, -0.15) is 0 Å². The van der Waals surface area contributed by atoms with Gasteiger partial charge in [-0.1, -0.05) is 39.3 Å². The number of methoxy groups -OCH3 is 1. The van der Waals surface area contributed by atoms with E-state index in [0.29, 0.717) is 25.7 Å². The number of carbonyl (C=O) groups excluding carboxylic acids is 3. The third-order valence-electron chi connectivity index (χ3n) is 8.26. The van der Waals surface area contributed by atoms with Gasteiger partial charge in [-0.25, -0.2) is 0 Å². The maximum Gasteiger partial charge on any atom is 0.160 e. The number of allylic oxidation sites excluding steroid dienone is 2. The Bertz CT molecular complexity index is 771. The lowest BCUT2D eigenvalue weighted by molar-refractivity contribution is -0.183. The second-order valence-corrected chi connectivity index (χ2v) is 11.7. The summed E-state index contributed by atoms with van der Waals surface area (Å²) in [6.45, 7) is 16.2. The molecule has 5 heteroatoms. The van der Waals surface area contributed by atoms with Gasteiger partial charge in [-0.3, -0.25) is 14.4 Å². The average Bonchev–Trinajstić information content (AvgIpc) is 2.69. The van der Waals surface area contributed by atoms with Crippen LogP contribution >= 0.6 is 0 Å². The largest absolute Gasteiger partial charge is 0.359 e. The van der Waals surface area contributed by atoms with Gasteiger partial charge in [0.15, 0.2) is 5.78 Å². The summed E-state index contributed by atoms with van der Waals surface area (Å²) in [4.78, 5) is 41.3. The molecule has 2 fully saturated rings. The fourth-order valence-electron chi connectivity index (χ4n) is 6.02. The summed E-state index contributed by atoms with van der Waals surface area (Å²) in [6, 6.07) is 0. The average molecular weight is 449 g/mol. The summed E-state index contributed by atoms with van der Waals surface area (Å²) in [5, 5.41) is 0. The Morgan fingerprint density at radius 2 is 1.84 bits per heavy atom. The standard InChI is InChI=1S/C27H44O5/c1-18(2)10-14-26-16-20(11-13-24(5,6)32-17-31-9)25(7,8)27(23(26)30,15-12-21(26)28)22(29)19(3)4/h10,19-20H,11-17H2,1-9H3/t20-,26+,27+/m0/s1. The highest BCUT2D eigenvalue weighted by Gasteiger charge is 2.71. The summed E-state index contributed by atoms with van der Waals surface area (Å²) in [6.07, 6.45) is 5.11. The lowest BCUT2D eigenvalue weighted by Crippen LogP contribution is -2.68. The van der Waals surface area contributed by atoms with E-state index in [2.05, 4.69) is 13.8 Å². The van der Waals surface area contributed by atoms with E-state index in [1.807, 2.05) is 47.6 Å². The molecule has 2 aliphatic carbocycles. The molecule has 2 rings (SSSR count). The highest BCUT2D eigenvalue weighted by atomic mass is 16.7. The molecular weight excluding hydrogens is 404 g/mol. The van der Waals surface area contributed by atoms with Crippen LogP contribution in [0.4, 0.5) is 0 Å². The van der Waals surface area contributed by atoms with E-state index in [0.717, 1.165) is 18.4 Å². The number of fused-ring (bicyclic) bond motifs is 2. The molecule has 0 N–H and O–H groups in total. The minimum absolute atomic E-state index is 0.00108. The van der Waals surface area contributed by atoms with Crippen molar-refractivity contribution in [1.82, 2.24) is 0 Å². The van der Waals surface area contributed by atoms with Crippen LogP contribution in [0.5, 0.6) is 0 Å². The topological polar surface area (TPSA) is 69.7 Å². The molecule has 2 aliphatic rings. The zero-order chi connectivity index (χ0) is 24.5. The third-order valence-corrected chi connectivity index (χ3v) is 8.26. The van der Waals surface area contributed by atoms with Gasteiger partial charge < -0.3 is 9.47 Å². The van der Waals surface area contributed by atoms with E-state index in [1.165, 1.54) is 0 Å². The van der Waals surface area contributed by atoms with Crippen molar-refractivity contribution in [3.8, 4) is 0 Å². The van der Waals surface area contributed by atoms with Gasteiger partial charge in [-0.15, -0.1) is 0 Å². The second-order valence-electron chi connectivity index (χ2n) is 11.7. The third kappa shape index (κ3) is 4.52. The molecule has 5 nitrogen and oxygen atoms in total. The number of ketones is 3. The van der Waals surface area contributed by atoms with E-state index in [9.17, 15) is 14.4 Å². The van der Waals surface area contributed by atoms with Crippen LogP contribution < -0.4 is 0 Å². The highest BCUT2D eigenvalue weighted by molar-refractivity contribution is 6.21. The highest BCUT2D eigenvalue weighted by Crippen LogP contribution is 2.65. The predicted molar refractivity (Wildman–Crippen MR) is 126 cm³/mol. The van der Waals surface area contributed by atoms with Gasteiger partial charge in [0.05, 0.1) is 16.4 Å². The van der Waals surface area contributed by atoms with Crippen molar-refractivity contribution in [2.24, 2.45) is 28.1 Å². The zero-order valence-electron chi connectivity index (χ0n) is 21.7. The van der Waals surface area contributed by atoms with Crippen LogP contribution in [-0.4, -0.2) is 36.9 Å². The maximum absolute atomic E-state index is 14.2. The van der Waals surface area contributed by atoms with Crippen LogP contribution in [0.1, 0.15) is 93.9 Å². The molecule has 2 saturated carbocycles. The van der Waals surface area contributed by atoms with Crippen molar-refractivity contribution >= 4 is 17.3 Å². The van der Waals surface area contributed by atoms with Gasteiger partial charge in [0.1, 0.15) is 18.4 Å². The van der Waals surface area contributed by atoms with Crippen molar-refractivity contribution in [1.29, 1.82) is 0 Å². The number of carbonyl (C=O) groups is 3. The van der Waals surface area contributed by atoms with E-state index < -0.39 is 21.8 Å². The van der Waals surface area contributed by atoms with Crippen molar-refractivity contribution in [2.75, 3.05) is 13.9 Å². The summed E-state index contributed by atoms with van der Waals surface area (Å²) in [5.74, 6) is -0.298. The van der Waals surface area contributed by atoms with Gasteiger partial charge in [0.25, 0.3) is 0 Å². The first-order chi connectivity index (χ1) is 14.7. The second kappa shape index (κ2) is 9.50. The SMILES string of the molecule is COCOC(C)(C)CC[C@H]1C[C@]2(CC=C(C)C)C(=O)CC[C@@](C(=O)C(C)C)(C2=O)C1(C)C. The molecule has 0 heterocycles. The smallest absolute Gasteiger partial charge is 0.160 e. The number of Topliss-reactive ketones (excluding diaryl/α,β-unsaturated/α-hetero) is 3. The summed E-state index contributed by atoms with van der Waals surface area (Å²) >= 11 is 0. The Labute approximate surface area is 194 Å². The van der Waals surface area contributed by atoms with Crippen LogP contribution in [0.25, 0.3) is 0 Å². The molecular formula is C27H44O5.